The Morgan fingerprint density at radius 3 is 2.70 bits per heavy atom. The number of benzene rings is 2. The molecule has 5 aromatic rings. The molecule has 40 heavy (non-hydrogen) atoms. The van der Waals surface area contributed by atoms with Gasteiger partial charge in [0, 0.05) is 29.8 Å². The van der Waals surface area contributed by atoms with Crippen LogP contribution in [0.3, 0.4) is 0 Å². The maximum atomic E-state index is 15.3. The second-order valence-electron chi connectivity index (χ2n) is 9.77. The van der Waals surface area contributed by atoms with E-state index >= 15 is 4.39 Å². The maximum absolute atomic E-state index is 15.3. The third kappa shape index (κ3) is 4.88. The summed E-state index contributed by atoms with van der Waals surface area (Å²) in [4.78, 5) is 36.2. The maximum Gasteiger partial charge on any atom is 0.445 e. The number of anilines is 1. The van der Waals surface area contributed by atoms with Gasteiger partial charge in [-0.1, -0.05) is 19.3 Å². The predicted octanol–water partition coefficient (Wildman–Crippen LogP) is 7.28. The second-order valence-corrected chi connectivity index (χ2v) is 10.8. The van der Waals surface area contributed by atoms with Gasteiger partial charge in [0.05, 0.1) is 40.3 Å². The SMILES string of the molecule is COc1cnc2c(-c3nc4cc(F)c(ON(C(=O)O)c5cccnc5C5CCCCC5)cc4s3)cc(C)cc2n1. The number of carboxylic acid groups (broad SMARTS) is 1. The Bertz CT molecular complexity index is 1740. The van der Waals surface area contributed by atoms with Gasteiger partial charge in [-0.3, -0.25) is 4.98 Å². The topological polar surface area (TPSA) is 111 Å². The Hall–Kier alpha value is -4.38. The molecular formula is C29H26FN5O4S. The lowest BCUT2D eigenvalue weighted by Gasteiger charge is -2.26. The summed E-state index contributed by atoms with van der Waals surface area (Å²) in [5.41, 5.74) is 4.39. The number of amides is 1. The van der Waals surface area contributed by atoms with E-state index in [2.05, 4.69) is 19.9 Å². The molecule has 0 bridgehead atoms. The summed E-state index contributed by atoms with van der Waals surface area (Å²) in [5, 5.41) is 11.4. The van der Waals surface area contributed by atoms with E-state index in [1.165, 1.54) is 30.6 Å². The van der Waals surface area contributed by atoms with Crippen LogP contribution >= 0.6 is 11.3 Å². The minimum atomic E-state index is -1.37. The van der Waals surface area contributed by atoms with Gasteiger partial charge in [0.25, 0.3) is 0 Å². The molecule has 1 amide bonds. The number of aryl methyl sites for hydroxylation is 1. The first-order valence-corrected chi connectivity index (χ1v) is 13.8. The molecule has 1 aliphatic carbocycles. The highest BCUT2D eigenvalue weighted by Crippen LogP contribution is 2.39. The summed E-state index contributed by atoms with van der Waals surface area (Å²) >= 11 is 1.33. The number of nitrogens with zero attached hydrogens (tertiary/aromatic N) is 5. The molecule has 11 heteroatoms. The fraction of sp³-hybridized carbons (Fsp3) is 0.276. The van der Waals surface area contributed by atoms with Crippen molar-refractivity contribution in [3.05, 3.63) is 65.9 Å². The highest BCUT2D eigenvalue weighted by Gasteiger charge is 2.28. The van der Waals surface area contributed by atoms with Gasteiger partial charge in [0.1, 0.15) is 10.7 Å². The van der Waals surface area contributed by atoms with Crippen molar-refractivity contribution in [1.82, 2.24) is 19.9 Å². The number of rotatable bonds is 6. The second kappa shape index (κ2) is 10.6. The number of aromatic nitrogens is 4. The fourth-order valence-corrected chi connectivity index (χ4v) is 6.18. The van der Waals surface area contributed by atoms with Crippen molar-refractivity contribution in [3.63, 3.8) is 0 Å². The summed E-state index contributed by atoms with van der Waals surface area (Å²) in [7, 11) is 1.53. The zero-order chi connectivity index (χ0) is 27.8. The van der Waals surface area contributed by atoms with Crippen molar-refractivity contribution < 1.29 is 23.9 Å². The molecule has 1 aliphatic rings. The minimum absolute atomic E-state index is 0.124. The molecule has 2 aromatic carbocycles. The van der Waals surface area contributed by atoms with Crippen LogP contribution in [-0.4, -0.2) is 38.2 Å². The van der Waals surface area contributed by atoms with Crippen molar-refractivity contribution in [2.75, 3.05) is 12.2 Å². The van der Waals surface area contributed by atoms with Crippen LogP contribution in [-0.2, 0) is 0 Å². The van der Waals surface area contributed by atoms with E-state index in [9.17, 15) is 9.90 Å². The molecule has 0 saturated heterocycles. The Balaban J connectivity index is 1.38. The van der Waals surface area contributed by atoms with Crippen LogP contribution < -0.4 is 14.6 Å². The van der Waals surface area contributed by atoms with Crippen LogP contribution in [0.5, 0.6) is 11.6 Å². The summed E-state index contributed by atoms with van der Waals surface area (Å²) < 4.78 is 21.1. The molecule has 1 saturated carbocycles. The van der Waals surface area contributed by atoms with Crippen molar-refractivity contribution in [3.8, 4) is 22.2 Å². The van der Waals surface area contributed by atoms with Gasteiger partial charge in [0.2, 0.25) is 5.88 Å². The van der Waals surface area contributed by atoms with Crippen LogP contribution in [0.15, 0.2) is 48.8 Å². The van der Waals surface area contributed by atoms with Crippen molar-refractivity contribution in [2.24, 2.45) is 0 Å². The molecular weight excluding hydrogens is 533 g/mol. The number of pyridine rings is 1. The van der Waals surface area contributed by atoms with E-state index < -0.39 is 11.9 Å². The van der Waals surface area contributed by atoms with Crippen molar-refractivity contribution >= 4 is 44.4 Å². The highest BCUT2D eigenvalue weighted by atomic mass is 32.1. The fourth-order valence-electron chi connectivity index (χ4n) is 5.19. The summed E-state index contributed by atoms with van der Waals surface area (Å²) in [6.07, 6.45) is 6.94. The van der Waals surface area contributed by atoms with E-state index in [4.69, 9.17) is 9.57 Å². The number of halogens is 1. The van der Waals surface area contributed by atoms with Crippen LogP contribution in [0.1, 0.15) is 49.3 Å². The van der Waals surface area contributed by atoms with Gasteiger partial charge in [-0.05, 0) is 49.6 Å². The molecule has 0 spiro atoms. The lowest BCUT2D eigenvalue weighted by molar-refractivity contribution is 0.166. The average molecular weight is 560 g/mol. The molecule has 3 aromatic heterocycles. The average Bonchev–Trinajstić information content (AvgIpc) is 3.37. The Labute approximate surface area is 233 Å². The number of thiazole rings is 1. The first-order chi connectivity index (χ1) is 19.4. The number of hydrogen-bond donors (Lipinski definition) is 1. The standard InChI is InChI=1S/C29H26FN5O4S/c1-16-11-18(27-21(12-16)33-25(38-2)15-32-27)28-34-20-13-19(30)23(14-24(20)40-28)39-35(29(36)37)22-9-6-10-31-26(22)17-7-4-3-5-8-17/h6,9-15,17H,3-5,7-8H2,1-2H3,(H,36,37). The molecule has 6 rings (SSSR count). The van der Waals surface area contributed by atoms with Crippen LogP contribution in [0.25, 0.3) is 31.8 Å². The summed E-state index contributed by atoms with van der Waals surface area (Å²) in [5.74, 6) is -0.418. The highest BCUT2D eigenvalue weighted by molar-refractivity contribution is 7.21. The molecule has 0 unspecified atom stereocenters. The lowest BCUT2D eigenvalue weighted by atomic mass is 9.86. The van der Waals surface area contributed by atoms with Gasteiger partial charge in [-0.25, -0.2) is 24.1 Å². The van der Waals surface area contributed by atoms with Gasteiger partial charge >= 0.3 is 6.09 Å². The Morgan fingerprint density at radius 2 is 1.93 bits per heavy atom. The monoisotopic (exact) mass is 559 g/mol. The van der Waals surface area contributed by atoms with Gasteiger partial charge < -0.3 is 14.7 Å². The van der Waals surface area contributed by atoms with E-state index in [1.807, 2.05) is 19.1 Å². The first kappa shape index (κ1) is 25.9. The van der Waals surface area contributed by atoms with E-state index in [-0.39, 0.29) is 11.7 Å². The number of methoxy groups -OCH3 is 1. The number of fused-ring (bicyclic) bond motifs is 2. The molecule has 0 atom stereocenters. The number of hydroxylamine groups is 1. The Kier molecular flexibility index (Phi) is 6.89. The third-order valence-corrected chi connectivity index (χ3v) is 8.09. The van der Waals surface area contributed by atoms with Gasteiger partial charge in [-0.2, -0.15) is 0 Å². The smallest absolute Gasteiger partial charge is 0.445 e. The Morgan fingerprint density at radius 1 is 1.10 bits per heavy atom. The summed E-state index contributed by atoms with van der Waals surface area (Å²) in [6, 6.07) is 9.89. The lowest BCUT2D eigenvalue weighted by Crippen LogP contribution is -2.34. The van der Waals surface area contributed by atoms with Crippen molar-refractivity contribution in [2.45, 2.75) is 44.9 Å². The number of hydrogen-bond acceptors (Lipinski definition) is 8. The molecule has 0 radical (unpaired) electrons. The molecule has 204 valence electrons. The van der Waals surface area contributed by atoms with Gasteiger partial charge in [0.15, 0.2) is 11.6 Å². The quantitative estimate of drug-likeness (QED) is 0.216. The molecule has 9 nitrogen and oxygen atoms in total. The van der Waals surface area contributed by atoms with E-state index in [1.54, 1.807) is 24.5 Å². The van der Waals surface area contributed by atoms with Gasteiger partial charge in [-0.15, -0.1) is 16.4 Å². The van der Waals surface area contributed by atoms with Crippen LogP contribution in [0, 0.1) is 12.7 Å². The number of carbonyl (C=O) groups is 1. The zero-order valence-electron chi connectivity index (χ0n) is 21.9. The first-order valence-electron chi connectivity index (χ1n) is 13.0. The predicted molar refractivity (Wildman–Crippen MR) is 151 cm³/mol. The van der Waals surface area contributed by atoms with Crippen LogP contribution in [0.4, 0.5) is 14.9 Å². The van der Waals surface area contributed by atoms with E-state index in [0.29, 0.717) is 48.6 Å². The molecule has 3 heterocycles. The van der Waals surface area contributed by atoms with Crippen molar-refractivity contribution in [1.29, 1.82) is 0 Å². The third-order valence-electron chi connectivity index (χ3n) is 7.04. The normalized spacial score (nSPS) is 14.0. The number of ether oxygens (including phenoxy) is 1. The minimum Gasteiger partial charge on any atom is -0.480 e. The molecule has 1 fully saturated rings. The largest absolute Gasteiger partial charge is 0.480 e. The van der Waals surface area contributed by atoms with Crippen LogP contribution in [0.2, 0.25) is 0 Å². The molecule has 0 aliphatic heterocycles. The van der Waals surface area contributed by atoms with E-state index in [0.717, 1.165) is 43.2 Å². The summed E-state index contributed by atoms with van der Waals surface area (Å²) in [6.45, 7) is 1.95. The zero-order valence-corrected chi connectivity index (χ0v) is 22.7. The molecule has 1 N–H and O–H groups in total.